The van der Waals surface area contributed by atoms with Crippen molar-refractivity contribution in [1.82, 2.24) is 18.7 Å². The van der Waals surface area contributed by atoms with Crippen molar-refractivity contribution in [3.8, 4) is 50.9 Å². The molecular weight excluding hydrogens is 952 g/mol. The van der Waals surface area contributed by atoms with Gasteiger partial charge in [-0.05, 0) is 42.4 Å². The van der Waals surface area contributed by atoms with Gasteiger partial charge in [0, 0.05) is 6.20 Å². The smallest absolute Gasteiger partial charge is 0.0570 e. The van der Waals surface area contributed by atoms with Gasteiger partial charge in [-0.25, -0.2) is 0 Å². The monoisotopic (exact) mass is 999 g/mol. The molecule has 0 amide bonds. The second kappa shape index (κ2) is 15.7. The van der Waals surface area contributed by atoms with Gasteiger partial charge in [0.2, 0.25) is 0 Å². The van der Waals surface area contributed by atoms with E-state index in [4.69, 9.17) is 9.72 Å². The topological polar surface area (TPSA) is 36.9 Å². The van der Waals surface area contributed by atoms with Crippen LogP contribution < -0.4 is 4.74 Å². The molecule has 0 N–H and O–H groups in total. The van der Waals surface area contributed by atoms with Crippen molar-refractivity contribution in [2.75, 3.05) is 0 Å². The average Bonchev–Trinajstić information content (AvgIpc) is 3.78. The third-order valence-corrected chi connectivity index (χ3v) is 13.8. The number of imidazole rings is 1. The molecule has 1 unspecified atom stereocenters. The summed E-state index contributed by atoms with van der Waals surface area (Å²) in [7, 11) is 0. The minimum absolute atomic E-state index is 0.0597. The molecule has 0 spiro atoms. The van der Waals surface area contributed by atoms with Gasteiger partial charge in [-0.3, -0.25) is 0 Å². The first kappa shape index (κ1) is 39.3. The van der Waals surface area contributed by atoms with Crippen LogP contribution in [0.15, 0.2) is 176 Å². The molecule has 0 aliphatic heterocycles. The van der Waals surface area contributed by atoms with E-state index in [1.165, 1.54) is 61.7 Å². The van der Waals surface area contributed by atoms with E-state index in [2.05, 4.69) is 225 Å². The minimum atomic E-state index is -0.0597. The maximum atomic E-state index is 6.84. The number of ether oxygens (including phenoxy) is 1. The number of rotatable bonds is 7. The van der Waals surface area contributed by atoms with Crippen LogP contribution in [0.25, 0.3) is 72.3 Å². The Morgan fingerprint density at radius 3 is 1.90 bits per heavy atom. The number of benzene rings is 7. The molecule has 5 nitrogen and oxygen atoms in total. The van der Waals surface area contributed by atoms with Crippen LogP contribution in [0.4, 0.5) is 0 Å². The van der Waals surface area contributed by atoms with E-state index in [1.54, 1.807) is 0 Å². The van der Waals surface area contributed by atoms with Crippen molar-refractivity contribution in [2.45, 2.75) is 52.4 Å². The molecule has 1 aliphatic rings. The zero-order valence-electron chi connectivity index (χ0n) is 36.0. The van der Waals surface area contributed by atoms with Crippen molar-refractivity contribution in [2.24, 2.45) is 5.92 Å². The van der Waals surface area contributed by atoms with Gasteiger partial charge in [-0.1, -0.05) is 13.0 Å². The fourth-order valence-electron chi connectivity index (χ4n) is 9.61. The quantitative estimate of drug-likeness (QED) is 0.160. The first-order chi connectivity index (χ1) is 30.7. The Kier molecular flexibility index (Phi) is 9.77. The van der Waals surface area contributed by atoms with E-state index in [0.29, 0.717) is 5.92 Å². The molecule has 10 aromatic rings. The molecular formula is C57H48N4OPt. The van der Waals surface area contributed by atoms with Crippen molar-refractivity contribution in [1.29, 1.82) is 0 Å². The maximum absolute atomic E-state index is 6.84. The Hall–Kier alpha value is -6.55. The van der Waals surface area contributed by atoms with Crippen LogP contribution in [0.2, 0.25) is 0 Å². The van der Waals surface area contributed by atoms with Crippen LogP contribution in [0.5, 0.6) is 11.5 Å². The summed E-state index contributed by atoms with van der Waals surface area (Å²) in [5, 5.41) is 2.47. The number of para-hydroxylation sites is 2. The summed E-state index contributed by atoms with van der Waals surface area (Å²) in [6, 6.07) is 61.2. The number of pyridine rings is 1. The molecule has 63 heavy (non-hydrogen) atoms. The molecule has 0 radical (unpaired) electrons. The zero-order chi connectivity index (χ0) is 42.8. The van der Waals surface area contributed by atoms with Crippen LogP contribution in [0.3, 0.4) is 0 Å². The predicted octanol–water partition coefficient (Wildman–Crippen LogP) is 14.5. The Bertz CT molecular complexity index is 3350. The Balaban J connectivity index is 1.06. The van der Waals surface area contributed by atoms with E-state index in [9.17, 15) is 0 Å². The van der Waals surface area contributed by atoms with Crippen molar-refractivity contribution in [3.63, 3.8) is 0 Å². The molecule has 312 valence electrons. The third-order valence-electron chi connectivity index (χ3n) is 12.8. The molecule has 1 aliphatic carbocycles. The summed E-state index contributed by atoms with van der Waals surface area (Å²) in [4.78, 5) is 4.84. The normalized spacial score (nSPS) is 14.1. The van der Waals surface area contributed by atoms with Crippen LogP contribution in [0.1, 0.15) is 50.8 Å². The molecule has 7 aromatic carbocycles. The fraction of sp³-hybridized carbons (Fsp3) is 0.158. The first-order valence-corrected chi connectivity index (χ1v) is 23.1. The summed E-state index contributed by atoms with van der Waals surface area (Å²) in [5.41, 5.74) is 15.6. The SMILES string of the molecule is CC1CCc2cc3c(cc2C1)c1ccc(Oc2cccc(-n4[c](=[Pt])n(-c5c(-c6ccccc6)cc(C(C)(C)C)cc5-c5ccccc5)c5ccccc54)c2)cc1n3-c1ccccn1. The second-order valence-electron chi connectivity index (χ2n) is 18.1. The number of nitrogens with zero attached hydrogens (tertiary/aromatic N) is 4. The number of aromatic nitrogens is 4. The molecule has 0 fully saturated rings. The molecule has 3 heterocycles. The number of hydrogen-bond acceptors (Lipinski definition) is 2. The van der Waals surface area contributed by atoms with Crippen LogP contribution in [-0.2, 0) is 37.6 Å². The van der Waals surface area contributed by atoms with E-state index >= 15 is 0 Å². The summed E-state index contributed by atoms with van der Waals surface area (Å²) < 4.78 is 15.0. The molecule has 6 heteroatoms. The number of fused-ring (bicyclic) bond motifs is 5. The van der Waals surface area contributed by atoms with E-state index in [1.807, 2.05) is 12.3 Å². The Morgan fingerprint density at radius 2 is 1.22 bits per heavy atom. The molecule has 0 bridgehead atoms. The van der Waals surface area contributed by atoms with Crippen LogP contribution in [0, 0.1) is 9.72 Å². The summed E-state index contributed by atoms with van der Waals surface area (Å²) in [6.45, 7) is 9.27. The third kappa shape index (κ3) is 7.00. The second-order valence-corrected chi connectivity index (χ2v) is 19.1. The van der Waals surface area contributed by atoms with E-state index in [-0.39, 0.29) is 5.41 Å². The van der Waals surface area contributed by atoms with Gasteiger partial charge in [-0.15, -0.1) is 0 Å². The Morgan fingerprint density at radius 1 is 0.571 bits per heavy atom. The van der Waals surface area contributed by atoms with Crippen molar-refractivity contribution >= 4 is 32.8 Å². The van der Waals surface area contributed by atoms with E-state index < -0.39 is 0 Å². The zero-order valence-corrected chi connectivity index (χ0v) is 38.2. The van der Waals surface area contributed by atoms with Gasteiger partial charge in [0.15, 0.2) is 0 Å². The summed E-state index contributed by atoms with van der Waals surface area (Å²) in [5.74, 6) is 3.15. The molecule has 3 aromatic heterocycles. The summed E-state index contributed by atoms with van der Waals surface area (Å²) in [6.07, 6.45) is 5.34. The van der Waals surface area contributed by atoms with Crippen molar-refractivity contribution in [3.05, 3.63) is 197 Å². The fourth-order valence-corrected chi connectivity index (χ4v) is 10.7. The predicted molar refractivity (Wildman–Crippen MR) is 255 cm³/mol. The van der Waals surface area contributed by atoms with Crippen molar-refractivity contribution < 1.29 is 24.1 Å². The summed E-state index contributed by atoms with van der Waals surface area (Å²) >= 11 is 2.53. The molecule has 0 saturated heterocycles. The average molecular weight is 1000 g/mol. The number of aryl methyl sites for hydroxylation is 1. The van der Waals surface area contributed by atoms with Gasteiger partial charge in [0.1, 0.15) is 0 Å². The van der Waals surface area contributed by atoms with Gasteiger partial charge >= 0.3 is 320 Å². The van der Waals surface area contributed by atoms with Crippen LogP contribution in [-0.4, -0.2) is 18.7 Å². The Labute approximate surface area is 379 Å². The molecule has 1 atom stereocenters. The van der Waals surface area contributed by atoms with Gasteiger partial charge in [0.25, 0.3) is 0 Å². The van der Waals surface area contributed by atoms with Gasteiger partial charge in [0.05, 0.1) is 0 Å². The first-order valence-electron chi connectivity index (χ1n) is 22.0. The van der Waals surface area contributed by atoms with Gasteiger partial charge in [-0.2, -0.15) is 0 Å². The molecule has 11 rings (SSSR count). The standard InChI is InChI=1S/C57H48N4O.Pt/c1-38-25-26-41-32-53-50(31-42(41)30-38)47-28-27-46(36-54(47)61(53)55-24-13-14-29-58-55)62-45-21-15-20-44(35-45)59-37-60(52-23-12-11-22-51(52)59)56-48(39-16-7-5-8-17-39)33-43(57(2,3)4)34-49(56)40-18-9-6-10-19-40;/h5-24,27-29,31-36,38H,25-26,30H2,1-4H3;. The number of hydrogen-bond donors (Lipinski definition) is 0. The molecule has 0 saturated carbocycles. The van der Waals surface area contributed by atoms with Crippen LogP contribution >= 0.6 is 0 Å². The minimum Gasteiger partial charge on any atom is -0.0570 e. The van der Waals surface area contributed by atoms with Gasteiger partial charge < -0.3 is 0 Å². The van der Waals surface area contributed by atoms with E-state index in [0.717, 1.165) is 61.9 Å².